The molecular weight excluding hydrogens is 586 g/mol. The normalized spacial score (nSPS) is 14.2. The van der Waals surface area contributed by atoms with Crippen LogP contribution >= 0.6 is 11.6 Å². The second-order valence-electron chi connectivity index (χ2n) is 10.8. The molecule has 0 bridgehead atoms. The van der Waals surface area contributed by atoms with Crippen LogP contribution in [0.25, 0.3) is 0 Å². The summed E-state index contributed by atoms with van der Waals surface area (Å²) < 4.78 is 34.7. The van der Waals surface area contributed by atoms with Gasteiger partial charge in [-0.3, -0.25) is 13.9 Å². The van der Waals surface area contributed by atoms with E-state index >= 15 is 0 Å². The molecule has 0 saturated heterocycles. The Morgan fingerprint density at radius 3 is 2.16 bits per heavy atom. The molecule has 0 heterocycles. The third kappa shape index (κ3) is 8.30. The first-order chi connectivity index (χ1) is 20.6. The molecule has 0 radical (unpaired) electrons. The third-order valence-electron chi connectivity index (χ3n) is 7.68. The molecule has 8 nitrogen and oxygen atoms in total. The maximum Gasteiger partial charge on any atom is 0.264 e. The molecule has 4 rings (SSSR count). The quantitative estimate of drug-likeness (QED) is 0.247. The van der Waals surface area contributed by atoms with E-state index in [2.05, 4.69) is 5.32 Å². The first-order valence-electron chi connectivity index (χ1n) is 14.8. The summed E-state index contributed by atoms with van der Waals surface area (Å²) in [5.41, 5.74) is 2.22. The van der Waals surface area contributed by atoms with E-state index in [0.717, 1.165) is 41.1 Å². The third-order valence-corrected chi connectivity index (χ3v) is 9.72. The van der Waals surface area contributed by atoms with Crippen molar-refractivity contribution in [3.05, 3.63) is 88.9 Å². The fourth-order valence-corrected chi connectivity index (χ4v) is 6.86. The van der Waals surface area contributed by atoms with Crippen molar-refractivity contribution in [3.8, 4) is 5.75 Å². The van der Waals surface area contributed by atoms with Gasteiger partial charge in [0.05, 0.1) is 17.2 Å². The largest absolute Gasteiger partial charge is 0.494 e. The van der Waals surface area contributed by atoms with E-state index in [1.165, 1.54) is 29.2 Å². The van der Waals surface area contributed by atoms with Crippen molar-refractivity contribution in [3.63, 3.8) is 0 Å². The summed E-state index contributed by atoms with van der Waals surface area (Å²) in [6, 6.07) is 19.5. The number of anilines is 1. The highest BCUT2D eigenvalue weighted by Crippen LogP contribution is 2.28. The summed E-state index contributed by atoms with van der Waals surface area (Å²) in [4.78, 5) is 29.3. The van der Waals surface area contributed by atoms with Crippen LogP contribution < -0.4 is 14.4 Å². The highest BCUT2D eigenvalue weighted by atomic mass is 35.5. The van der Waals surface area contributed by atoms with Gasteiger partial charge in [-0.1, -0.05) is 61.2 Å². The predicted octanol–water partition coefficient (Wildman–Crippen LogP) is 6.11. The average Bonchev–Trinajstić information content (AvgIpc) is 3.50. The summed E-state index contributed by atoms with van der Waals surface area (Å²) in [6.07, 6.45) is 4.34. The number of nitrogens with zero attached hydrogens (tertiary/aromatic N) is 2. The molecule has 1 atom stereocenters. The molecule has 43 heavy (non-hydrogen) atoms. The molecule has 230 valence electrons. The standard InChI is InChI=1S/C33H40ClN3O5S/c1-4-31(33(39)35-27-8-6-7-9-27)36(22-25-12-10-24(3)11-13-25)32(38)23-37(28-16-18-29(19-17-28)42-5-2)43(40,41)30-20-14-26(34)15-21-30/h10-21,27,31H,4-9,22-23H2,1-3H3,(H,35,39). The number of carbonyl (C=O) groups excluding carboxylic acids is 2. The summed E-state index contributed by atoms with van der Waals surface area (Å²) in [6.45, 7) is 5.82. The molecule has 2 amide bonds. The zero-order chi connectivity index (χ0) is 31.0. The molecule has 0 aliphatic heterocycles. The number of carbonyl (C=O) groups is 2. The lowest BCUT2D eigenvalue weighted by Gasteiger charge is -2.33. The number of aryl methyl sites for hydroxylation is 1. The summed E-state index contributed by atoms with van der Waals surface area (Å²) in [5.74, 6) is -0.125. The Balaban J connectivity index is 1.71. The van der Waals surface area contributed by atoms with Crippen molar-refractivity contribution in [2.45, 2.75) is 76.4 Å². The molecule has 0 spiro atoms. The topological polar surface area (TPSA) is 96.0 Å². The molecule has 3 aromatic carbocycles. The molecule has 1 aliphatic rings. The number of hydrogen-bond donors (Lipinski definition) is 1. The monoisotopic (exact) mass is 625 g/mol. The molecule has 1 fully saturated rings. The Morgan fingerprint density at radius 1 is 0.953 bits per heavy atom. The van der Waals surface area contributed by atoms with Crippen molar-refractivity contribution < 1.29 is 22.7 Å². The Labute approximate surface area is 260 Å². The number of rotatable bonds is 13. The van der Waals surface area contributed by atoms with Crippen LogP contribution in [0.2, 0.25) is 5.02 Å². The maximum atomic E-state index is 14.2. The minimum atomic E-state index is -4.19. The van der Waals surface area contributed by atoms with Crippen LogP contribution in [0, 0.1) is 6.92 Å². The van der Waals surface area contributed by atoms with E-state index in [-0.39, 0.29) is 23.4 Å². The molecule has 1 N–H and O–H groups in total. The molecule has 3 aromatic rings. The second-order valence-corrected chi connectivity index (χ2v) is 13.1. The number of nitrogens with one attached hydrogen (secondary N) is 1. The van der Waals surface area contributed by atoms with Gasteiger partial charge in [-0.25, -0.2) is 8.42 Å². The van der Waals surface area contributed by atoms with Gasteiger partial charge >= 0.3 is 0 Å². The van der Waals surface area contributed by atoms with Crippen LogP contribution in [0.3, 0.4) is 0 Å². The van der Waals surface area contributed by atoms with E-state index in [9.17, 15) is 18.0 Å². The van der Waals surface area contributed by atoms with Crippen LogP contribution in [-0.2, 0) is 26.2 Å². The van der Waals surface area contributed by atoms with Crippen molar-refractivity contribution in [1.82, 2.24) is 10.2 Å². The van der Waals surface area contributed by atoms with Crippen LogP contribution in [-0.4, -0.2) is 50.4 Å². The van der Waals surface area contributed by atoms with Crippen LogP contribution in [0.4, 0.5) is 5.69 Å². The number of sulfonamides is 1. The van der Waals surface area contributed by atoms with Crippen molar-refractivity contribution in [1.29, 1.82) is 0 Å². The first kappa shape index (κ1) is 32.4. The summed E-state index contributed by atoms with van der Waals surface area (Å²) in [7, 11) is -4.19. The minimum absolute atomic E-state index is 0.00492. The molecular formula is C33H40ClN3O5S. The van der Waals surface area contributed by atoms with Crippen molar-refractivity contribution in [2.75, 3.05) is 17.5 Å². The van der Waals surface area contributed by atoms with E-state index in [0.29, 0.717) is 29.5 Å². The average molecular weight is 626 g/mol. The molecule has 1 aliphatic carbocycles. The highest BCUT2D eigenvalue weighted by molar-refractivity contribution is 7.92. The van der Waals surface area contributed by atoms with Crippen LogP contribution in [0.15, 0.2) is 77.7 Å². The lowest BCUT2D eigenvalue weighted by atomic mass is 10.1. The summed E-state index contributed by atoms with van der Waals surface area (Å²) in [5, 5.41) is 3.53. The Morgan fingerprint density at radius 2 is 1.58 bits per heavy atom. The van der Waals surface area contributed by atoms with E-state index < -0.39 is 28.5 Å². The Kier molecular flexibility index (Phi) is 11.1. The lowest BCUT2D eigenvalue weighted by Crippen LogP contribution is -2.53. The van der Waals surface area contributed by atoms with Crippen LogP contribution in [0.1, 0.15) is 57.1 Å². The van der Waals surface area contributed by atoms with E-state index in [1.54, 1.807) is 24.3 Å². The van der Waals surface area contributed by atoms with Gasteiger partial charge in [0.1, 0.15) is 18.3 Å². The smallest absolute Gasteiger partial charge is 0.264 e. The van der Waals surface area contributed by atoms with Gasteiger partial charge in [-0.2, -0.15) is 0 Å². The number of amides is 2. The number of hydrogen-bond acceptors (Lipinski definition) is 5. The predicted molar refractivity (Wildman–Crippen MR) is 170 cm³/mol. The van der Waals surface area contributed by atoms with Gasteiger partial charge in [0.15, 0.2) is 0 Å². The second kappa shape index (κ2) is 14.8. The van der Waals surface area contributed by atoms with Crippen molar-refractivity contribution >= 4 is 39.1 Å². The molecule has 1 unspecified atom stereocenters. The SMILES string of the molecule is CCOc1ccc(N(CC(=O)N(Cc2ccc(C)cc2)C(CC)C(=O)NC2CCCC2)S(=O)(=O)c2ccc(Cl)cc2)cc1. The Bertz CT molecular complexity index is 1470. The fraction of sp³-hybridized carbons (Fsp3) is 0.394. The van der Waals surface area contributed by atoms with Gasteiger partial charge < -0.3 is 15.0 Å². The van der Waals surface area contributed by atoms with Gasteiger partial charge in [0.2, 0.25) is 11.8 Å². The minimum Gasteiger partial charge on any atom is -0.494 e. The van der Waals surface area contributed by atoms with Crippen molar-refractivity contribution in [2.24, 2.45) is 0 Å². The molecule has 10 heteroatoms. The number of benzene rings is 3. The zero-order valence-corrected chi connectivity index (χ0v) is 26.5. The first-order valence-corrected chi connectivity index (χ1v) is 16.6. The fourth-order valence-electron chi connectivity index (χ4n) is 5.32. The molecule has 1 saturated carbocycles. The van der Waals surface area contributed by atoms with E-state index in [4.69, 9.17) is 16.3 Å². The lowest BCUT2D eigenvalue weighted by molar-refractivity contribution is -0.140. The summed E-state index contributed by atoms with van der Waals surface area (Å²) >= 11 is 6.04. The van der Waals surface area contributed by atoms with Gasteiger partial charge in [0, 0.05) is 17.6 Å². The number of halogens is 1. The van der Waals surface area contributed by atoms with Gasteiger partial charge in [0.25, 0.3) is 10.0 Å². The number of ether oxygens (including phenoxy) is 1. The van der Waals surface area contributed by atoms with Crippen LogP contribution in [0.5, 0.6) is 5.75 Å². The van der Waals surface area contributed by atoms with Gasteiger partial charge in [-0.15, -0.1) is 0 Å². The van der Waals surface area contributed by atoms with Gasteiger partial charge in [-0.05, 0) is 87.2 Å². The Hall–Kier alpha value is -3.56. The maximum absolute atomic E-state index is 14.2. The van der Waals surface area contributed by atoms with E-state index in [1.807, 2.05) is 45.0 Å². The molecule has 0 aromatic heterocycles. The highest BCUT2D eigenvalue weighted by Gasteiger charge is 2.34. The zero-order valence-electron chi connectivity index (χ0n) is 25.0.